The maximum absolute atomic E-state index is 2.41. The fourth-order valence-corrected chi connectivity index (χ4v) is 8.89. The van der Waals surface area contributed by atoms with Crippen LogP contribution in [0.15, 0.2) is 243 Å². The third-order valence-corrected chi connectivity index (χ3v) is 11.8. The first-order valence-electron chi connectivity index (χ1n) is 20.6. The van der Waals surface area contributed by atoms with Crippen molar-refractivity contribution in [2.45, 2.75) is 0 Å². The highest BCUT2D eigenvalue weighted by atomic mass is 15.1. The molecule has 0 aliphatic heterocycles. The Morgan fingerprint density at radius 2 is 0.817 bits per heavy atom. The smallest absolute Gasteiger partial charge is 0.0541 e. The molecule has 0 atom stereocenters. The van der Waals surface area contributed by atoms with Crippen molar-refractivity contribution in [1.29, 1.82) is 0 Å². The summed E-state index contributed by atoms with van der Waals surface area (Å²) in [5.41, 5.74) is 16.4. The average Bonchev–Trinajstić information content (AvgIpc) is 3.66. The third kappa shape index (κ3) is 6.32. The lowest BCUT2D eigenvalue weighted by Gasteiger charge is -2.28. The monoisotopic (exact) mass is 764 g/mol. The van der Waals surface area contributed by atoms with E-state index in [4.69, 9.17) is 0 Å². The number of anilines is 3. The van der Waals surface area contributed by atoms with Gasteiger partial charge in [-0.3, -0.25) is 0 Å². The minimum atomic E-state index is 1.09. The molecule has 0 aliphatic rings. The number of hydrogen-bond donors (Lipinski definition) is 0. The number of benzene rings is 10. The van der Waals surface area contributed by atoms with E-state index in [2.05, 4.69) is 252 Å². The molecule has 2 nitrogen and oxygen atoms in total. The van der Waals surface area contributed by atoms with Crippen LogP contribution < -0.4 is 4.90 Å². The number of nitrogens with zero attached hydrogens (tertiary/aromatic N) is 2. The van der Waals surface area contributed by atoms with Crippen LogP contribution in [-0.2, 0) is 0 Å². The summed E-state index contributed by atoms with van der Waals surface area (Å²) >= 11 is 0. The van der Waals surface area contributed by atoms with Gasteiger partial charge in [-0.2, -0.15) is 0 Å². The fraction of sp³-hybridized carbons (Fsp3) is 0. The Kier molecular flexibility index (Phi) is 8.87. The van der Waals surface area contributed by atoms with Crippen LogP contribution in [0, 0.1) is 0 Å². The number of aromatic nitrogens is 1. The molecule has 0 aliphatic carbocycles. The highest BCUT2D eigenvalue weighted by molar-refractivity contribution is 6.09. The van der Waals surface area contributed by atoms with E-state index in [-0.39, 0.29) is 0 Å². The molecular weight excluding hydrogens is 725 g/mol. The van der Waals surface area contributed by atoms with Crippen molar-refractivity contribution in [3.63, 3.8) is 0 Å². The standard InChI is InChI=1S/C58H40N2/c1-2-15-41(16-3-1)47-19-14-20-50(40-47)59(55-25-10-7-22-52(55)48-34-31-42-17-4-5-18-46(42)39-48)49-37-35-44(36-38-49)43-29-32-45(33-30-43)51-21-6-11-26-56(51)60-57-27-12-8-23-53(57)54-24-9-13-28-58(54)60/h1-40H. The van der Waals surface area contributed by atoms with Crippen molar-refractivity contribution in [3.8, 4) is 50.2 Å². The quantitative estimate of drug-likeness (QED) is 0.150. The first-order valence-corrected chi connectivity index (χ1v) is 20.6. The van der Waals surface area contributed by atoms with Crippen molar-refractivity contribution in [3.05, 3.63) is 243 Å². The average molecular weight is 765 g/mol. The Balaban J connectivity index is 0.974. The maximum Gasteiger partial charge on any atom is 0.0541 e. The van der Waals surface area contributed by atoms with Gasteiger partial charge in [0.2, 0.25) is 0 Å². The Labute approximate surface area is 350 Å². The van der Waals surface area contributed by atoms with E-state index in [0.717, 1.165) is 17.1 Å². The van der Waals surface area contributed by atoms with E-state index >= 15 is 0 Å². The minimum absolute atomic E-state index is 1.09. The lowest BCUT2D eigenvalue weighted by Crippen LogP contribution is -2.11. The molecular formula is C58H40N2. The molecule has 10 aromatic carbocycles. The van der Waals surface area contributed by atoms with E-state index in [0.29, 0.717) is 0 Å². The van der Waals surface area contributed by atoms with Gasteiger partial charge < -0.3 is 9.47 Å². The summed E-state index contributed by atoms with van der Waals surface area (Å²) < 4.78 is 2.41. The van der Waals surface area contributed by atoms with E-state index in [9.17, 15) is 0 Å². The van der Waals surface area contributed by atoms with Crippen LogP contribution >= 0.6 is 0 Å². The summed E-state index contributed by atoms with van der Waals surface area (Å²) in [5, 5.41) is 5.00. The number of hydrogen-bond acceptors (Lipinski definition) is 1. The first-order chi connectivity index (χ1) is 29.8. The van der Waals surface area contributed by atoms with Gasteiger partial charge in [-0.25, -0.2) is 0 Å². The zero-order valence-electron chi connectivity index (χ0n) is 33.0. The van der Waals surface area contributed by atoms with Crippen LogP contribution in [0.1, 0.15) is 0 Å². The van der Waals surface area contributed by atoms with E-state index in [1.165, 1.54) is 82.8 Å². The molecule has 0 saturated heterocycles. The molecule has 0 radical (unpaired) electrons. The largest absolute Gasteiger partial charge is 0.310 e. The Morgan fingerprint density at radius 1 is 0.283 bits per heavy atom. The van der Waals surface area contributed by atoms with Crippen LogP contribution in [0.25, 0.3) is 82.8 Å². The van der Waals surface area contributed by atoms with Gasteiger partial charge in [0.05, 0.1) is 22.4 Å². The van der Waals surface area contributed by atoms with Crippen molar-refractivity contribution in [2.24, 2.45) is 0 Å². The lowest BCUT2D eigenvalue weighted by atomic mass is 9.97. The Hall–Kier alpha value is -7.94. The maximum atomic E-state index is 2.41. The zero-order chi connectivity index (χ0) is 39.8. The number of rotatable bonds is 8. The molecule has 0 saturated carbocycles. The predicted octanol–water partition coefficient (Wildman–Crippen LogP) is 16.1. The van der Waals surface area contributed by atoms with Crippen LogP contribution in [0.2, 0.25) is 0 Å². The van der Waals surface area contributed by atoms with Gasteiger partial charge in [-0.05, 0) is 98.8 Å². The SMILES string of the molecule is c1ccc(-c2cccc(N(c3ccc(-c4ccc(-c5ccccc5-n5c6ccccc6c6ccccc65)cc4)cc3)c3ccccc3-c3ccc4ccccc4c3)c2)cc1. The summed E-state index contributed by atoms with van der Waals surface area (Å²) in [6.45, 7) is 0. The highest BCUT2D eigenvalue weighted by Gasteiger charge is 2.19. The molecule has 0 N–H and O–H groups in total. The van der Waals surface area contributed by atoms with Gasteiger partial charge >= 0.3 is 0 Å². The minimum Gasteiger partial charge on any atom is -0.310 e. The van der Waals surface area contributed by atoms with Gasteiger partial charge in [0.1, 0.15) is 0 Å². The summed E-state index contributed by atoms with van der Waals surface area (Å²) in [7, 11) is 0. The van der Waals surface area contributed by atoms with Crippen LogP contribution in [-0.4, -0.2) is 4.57 Å². The Morgan fingerprint density at radius 3 is 1.57 bits per heavy atom. The van der Waals surface area contributed by atoms with Gasteiger partial charge in [0.25, 0.3) is 0 Å². The summed E-state index contributed by atoms with van der Waals surface area (Å²) in [6, 6.07) is 87.8. The molecule has 0 bridgehead atoms. The third-order valence-electron chi connectivity index (χ3n) is 11.8. The second-order valence-corrected chi connectivity index (χ2v) is 15.3. The second kappa shape index (κ2) is 15.1. The molecule has 0 spiro atoms. The second-order valence-electron chi connectivity index (χ2n) is 15.3. The molecule has 1 aromatic heterocycles. The molecule has 0 unspecified atom stereocenters. The number of para-hydroxylation sites is 4. The number of fused-ring (bicyclic) bond motifs is 4. The fourth-order valence-electron chi connectivity index (χ4n) is 8.89. The van der Waals surface area contributed by atoms with Crippen LogP contribution in [0.4, 0.5) is 17.1 Å². The lowest BCUT2D eigenvalue weighted by molar-refractivity contribution is 1.18. The molecule has 282 valence electrons. The van der Waals surface area contributed by atoms with Crippen molar-refractivity contribution in [1.82, 2.24) is 4.57 Å². The molecule has 11 rings (SSSR count). The van der Waals surface area contributed by atoms with Crippen molar-refractivity contribution < 1.29 is 0 Å². The molecule has 11 aromatic rings. The van der Waals surface area contributed by atoms with E-state index in [1.807, 2.05) is 0 Å². The van der Waals surface area contributed by atoms with Gasteiger partial charge in [0, 0.05) is 33.3 Å². The van der Waals surface area contributed by atoms with Crippen LogP contribution in [0.3, 0.4) is 0 Å². The van der Waals surface area contributed by atoms with E-state index in [1.54, 1.807) is 0 Å². The van der Waals surface area contributed by atoms with Crippen molar-refractivity contribution >= 4 is 49.6 Å². The van der Waals surface area contributed by atoms with Gasteiger partial charge in [0.15, 0.2) is 0 Å². The molecule has 0 amide bonds. The first kappa shape index (κ1) is 35.2. The molecule has 60 heavy (non-hydrogen) atoms. The predicted molar refractivity (Wildman–Crippen MR) is 255 cm³/mol. The topological polar surface area (TPSA) is 8.17 Å². The Bertz CT molecular complexity index is 3250. The van der Waals surface area contributed by atoms with E-state index < -0.39 is 0 Å². The summed E-state index contributed by atoms with van der Waals surface area (Å²) in [4.78, 5) is 2.40. The highest BCUT2D eigenvalue weighted by Crippen LogP contribution is 2.43. The van der Waals surface area contributed by atoms with Crippen molar-refractivity contribution in [2.75, 3.05) is 4.90 Å². The normalized spacial score (nSPS) is 11.3. The van der Waals surface area contributed by atoms with Gasteiger partial charge in [-0.15, -0.1) is 0 Å². The molecule has 2 heteroatoms. The van der Waals surface area contributed by atoms with Gasteiger partial charge in [-0.1, -0.05) is 188 Å². The molecule has 0 fully saturated rings. The summed E-state index contributed by atoms with van der Waals surface area (Å²) in [6.07, 6.45) is 0. The van der Waals surface area contributed by atoms with Crippen LogP contribution in [0.5, 0.6) is 0 Å². The molecule has 1 heterocycles. The zero-order valence-corrected chi connectivity index (χ0v) is 33.0. The summed E-state index contributed by atoms with van der Waals surface area (Å²) in [5.74, 6) is 0.